The molecule has 0 N–H and O–H groups in total. The number of hydrogen-bond acceptors (Lipinski definition) is 4. The molecule has 1 aromatic rings. The van der Waals surface area contributed by atoms with Crippen molar-refractivity contribution in [2.45, 2.75) is 26.7 Å². The third-order valence-electron chi connectivity index (χ3n) is 3.20. The van der Waals surface area contributed by atoms with E-state index >= 15 is 0 Å². The molecule has 0 radical (unpaired) electrons. The first-order chi connectivity index (χ1) is 11.1. The van der Waals surface area contributed by atoms with Crippen molar-refractivity contribution in [3.8, 4) is 0 Å². The summed E-state index contributed by atoms with van der Waals surface area (Å²) in [7, 11) is 0. The van der Waals surface area contributed by atoms with E-state index in [9.17, 15) is 9.59 Å². The lowest BCUT2D eigenvalue weighted by Gasteiger charge is -2.23. The van der Waals surface area contributed by atoms with Gasteiger partial charge in [-0.2, -0.15) is 0 Å². The standard InChI is InChI=1S/C17H24BrNO4/c1-3-22-13-7-11-19(12-10-16(20)23-4-2)17(21)14-8-5-6-9-15(14)18/h5-6,8-9H,3-4,7,10-13H2,1-2H3. The maximum absolute atomic E-state index is 12.7. The molecule has 0 heterocycles. The van der Waals surface area contributed by atoms with Crippen LogP contribution in [0.4, 0.5) is 0 Å². The van der Waals surface area contributed by atoms with Gasteiger partial charge in [-0.25, -0.2) is 0 Å². The van der Waals surface area contributed by atoms with Gasteiger partial charge in [-0.3, -0.25) is 9.59 Å². The summed E-state index contributed by atoms with van der Waals surface area (Å²) < 4.78 is 11.0. The first kappa shape index (κ1) is 19.6. The van der Waals surface area contributed by atoms with E-state index in [2.05, 4.69) is 15.9 Å². The molecule has 0 spiro atoms. The van der Waals surface area contributed by atoms with Gasteiger partial charge in [0.25, 0.3) is 5.91 Å². The van der Waals surface area contributed by atoms with Crippen LogP contribution in [0.25, 0.3) is 0 Å². The van der Waals surface area contributed by atoms with E-state index in [1.54, 1.807) is 17.9 Å². The van der Waals surface area contributed by atoms with Crippen molar-refractivity contribution in [1.29, 1.82) is 0 Å². The van der Waals surface area contributed by atoms with E-state index in [0.29, 0.717) is 38.5 Å². The van der Waals surface area contributed by atoms with Gasteiger partial charge < -0.3 is 14.4 Å². The maximum atomic E-state index is 12.7. The minimum atomic E-state index is -0.290. The number of halogens is 1. The minimum absolute atomic E-state index is 0.0988. The van der Waals surface area contributed by atoms with Gasteiger partial charge in [0, 0.05) is 30.8 Å². The number of carbonyl (C=O) groups excluding carboxylic acids is 2. The Bertz CT molecular complexity index is 507. The van der Waals surface area contributed by atoms with Gasteiger partial charge in [0.1, 0.15) is 0 Å². The smallest absolute Gasteiger partial charge is 0.307 e. The third-order valence-corrected chi connectivity index (χ3v) is 3.89. The minimum Gasteiger partial charge on any atom is -0.466 e. The third kappa shape index (κ3) is 7.14. The van der Waals surface area contributed by atoms with Crippen LogP contribution in [0.1, 0.15) is 37.0 Å². The van der Waals surface area contributed by atoms with Gasteiger partial charge >= 0.3 is 5.97 Å². The van der Waals surface area contributed by atoms with Crippen LogP contribution in [0.3, 0.4) is 0 Å². The predicted octanol–water partition coefficient (Wildman–Crippen LogP) is 3.27. The van der Waals surface area contributed by atoms with Gasteiger partial charge in [-0.15, -0.1) is 0 Å². The highest BCUT2D eigenvalue weighted by Crippen LogP contribution is 2.18. The molecule has 0 bridgehead atoms. The second kappa shape index (κ2) is 11.2. The van der Waals surface area contributed by atoms with E-state index in [1.807, 2.05) is 25.1 Å². The van der Waals surface area contributed by atoms with Crippen LogP contribution in [0.5, 0.6) is 0 Å². The summed E-state index contributed by atoms with van der Waals surface area (Å²) >= 11 is 3.40. The lowest BCUT2D eigenvalue weighted by Crippen LogP contribution is -2.35. The molecular weight excluding hydrogens is 362 g/mol. The van der Waals surface area contributed by atoms with Gasteiger partial charge in [0.2, 0.25) is 0 Å². The second-order valence-corrected chi connectivity index (χ2v) is 5.73. The molecule has 6 heteroatoms. The molecule has 0 unspecified atom stereocenters. The van der Waals surface area contributed by atoms with Crippen molar-refractivity contribution in [2.24, 2.45) is 0 Å². The number of carbonyl (C=O) groups is 2. The Balaban J connectivity index is 2.70. The fourth-order valence-corrected chi connectivity index (χ4v) is 2.54. The molecule has 5 nitrogen and oxygen atoms in total. The summed E-state index contributed by atoms with van der Waals surface area (Å²) in [5, 5.41) is 0. The van der Waals surface area contributed by atoms with E-state index in [4.69, 9.17) is 9.47 Å². The number of benzene rings is 1. The van der Waals surface area contributed by atoms with E-state index in [0.717, 1.165) is 10.9 Å². The number of esters is 1. The van der Waals surface area contributed by atoms with Crippen LogP contribution in [0, 0.1) is 0 Å². The summed E-state index contributed by atoms with van der Waals surface area (Å²) in [5.41, 5.74) is 0.591. The molecule has 0 fully saturated rings. The van der Waals surface area contributed by atoms with Crippen LogP contribution in [-0.4, -0.2) is 49.7 Å². The molecule has 0 aliphatic heterocycles. The molecule has 0 aliphatic rings. The molecule has 23 heavy (non-hydrogen) atoms. The Morgan fingerprint density at radius 2 is 1.87 bits per heavy atom. The number of amides is 1. The van der Waals surface area contributed by atoms with Crippen molar-refractivity contribution in [2.75, 3.05) is 32.9 Å². The predicted molar refractivity (Wildman–Crippen MR) is 92.4 cm³/mol. The lowest BCUT2D eigenvalue weighted by molar-refractivity contribution is -0.143. The van der Waals surface area contributed by atoms with Gasteiger partial charge in [0.05, 0.1) is 18.6 Å². The molecule has 1 rings (SSSR count). The highest BCUT2D eigenvalue weighted by molar-refractivity contribution is 9.10. The zero-order valence-corrected chi connectivity index (χ0v) is 15.3. The van der Waals surface area contributed by atoms with Gasteiger partial charge in [-0.05, 0) is 48.3 Å². The molecule has 1 aromatic carbocycles. The highest BCUT2D eigenvalue weighted by Gasteiger charge is 2.19. The Morgan fingerprint density at radius 3 is 2.52 bits per heavy atom. The Kier molecular flexibility index (Phi) is 9.55. The Labute approximate surface area is 146 Å². The normalized spacial score (nSPS) is 10.4. The fourth-order valence-electron chi connectivity index (χ4n) is 2.08. The molecule has 0 aliphatic carbocycles. The number of nitrogens with zero attached hydrogens (tertiary/aromatic N) is 1. The van der Waals surface area contributed by atoms with Crippen LogP contribution in [0.15, 0.2) is 28.7 Å². The second-order valence-electron chi connectivity index (χ2n) is 4.88. The van der Waals surface area contributed by atoms with Gasteiger partial charge in [-0.1, -0.05) is 12.1 Å². The zero-order valence-electron chi connectivity index (χ0n) is 13.7. The number of rotatable bonds is 10. The summed E-state index contributed by atoms with van der Waals surface area (Å²) in [6.07, 6.45) is 0.922. The number of ether oxygens (including phenoxy) is 2. The van der Waals surface area contributed by atoms with Crippen LogP contribution >= 0.6 is 15.9 Å². The Hall–Kier alpha value is -1.40. The van der Waals surface area contributed by atoms with E-state index in [-0.39, 0.29) is 18.3 Å². The van der Waals surface area contributed by atoms with E-state index < -0.39 is 0 Å². The van der Waals surface area contributed by atoms with Crippen LogP contribution in [0.2, 0.25) is 0 Å². The first-order valence-electron chi connectivity index (χ1n) is 7.87. The molecule has 1 amide bonds. The van der Waals surface area contributed by atoms with Crippen molar-refractivity contribution in [3.63, 3.8) is 0 Å². The molecule has 0 saturated heterocycles. The average molecular weight is 386 g/mol. The fraction of sp³-hybridized carbons (Fsp3) is 0.529. The molecule has 0 saturated carbocycles. The highest BCUT2D eigenvalue weighted by atomic mass is 79.9. The SMILES string of the molecule is CCOCCCN(CCC(=O)OCC)C(=O)c1ccccc1Br. The summed E-state index contributed by atoms with van der Waals surface area (Å²) in [4.78, 5) is 25.9. The Morgan fingerprint density at radius 1 is 1.13 bits per heavy atom. The average Bonchev–Trinajstić information content (AvgIpc) is 2.54. The first-order valence-corrected chi connectivity index (χ1v) is 8.66. The van der Waals surface area contributed by atoms with Crippen molar-refractivity contribution in [1.82, 2.24) is 4.90 Å². The van der Waals surface area contributed by atoms with Gasteiger partial charge in [0.15, 0.2) is 0 Å². The molecular formula is C17H24BrNO4. The monoisotopic (exact) mass is 385 g/mol. The number of hydrogen-bond donors (Lipinski definition) is 0. The van der Waals surface area contributed by atoms with Crippen LogP contribution < -0.4 is 0 Å². The summed E-state index contributed by atoms with van der Waals surface area (Å²) in [5.74, 6) is -0.388. The van der Waals surface area contributed by atoms with Crippen LogP contribution in [-0.2, 0) is 14.3 Å². The van der Waals surface area contributed by atoms with E-state index in [1.165, 1.54) is 0 Å². The summed E-state index contributed by atoms with van der Waals surface area (Å²) in [6.45, 7) is 6.18. The zero-order chi connectivity index (χ0) is 17.1. The topological polar surface area (TPSA) is 55.8 Å². The van der Waals surface area contributed by atoms with Crippen molar-refractivity contribution in [3.05, 3.63) is 34.3 Å². The van der Waals surface area contributed by atoms with Crippen molar-refractivity contribution < 1.29 is 19.1 Å². The molecule has 128 valence electrons. The maximum Gasteiger partial charge on any atom is 0.307 e. The quantitative estimate of drug-likeness (QED) is 0.458. The molecule has 0 atom stereocenters. The largest absolute Gasteiger partial charge is 0.466 e. The lowest BCUT2D eigenvalue weighted by atomic mass is 10.2. The molecule has 0 aromatic heterocycles. The van der Waals surface area contributed by atoms with Crippen molar-refractivity contribution >= 4 is 27.8 Å². The summed E-state index contributed by atoms with van der Waals surface area (Å²) in [6, 6.07) is 7.28.